The van der Waals surface area contributed by atoms with Gasteiger partial charge in [0.25, 0.3) is 5.91 Å². The Bertz CT molecular complexity index is 1620. The maximum absolute atomic E-state index is 13.6. The van der Waals surface area contributed by atoms with E-state index in [0.29, 0.717) is 33.9 Å². The molecule has 0 aromatic heterocycles. The zero-order valence-electron chi connectivity index (χ0n) is 23.6. The number of anilines is 1. The molecule has 1 saturated heterocycles. The summed E-state index contributed by atoms with van der Waals surface area (Å²) in [5.41, 5.74) is 1.96. The maximum atomic E-state index is 13.6. The van der Waals surface area contributed by atoms with E-state index in [4.69, 9.17) is 14.2 Å². The van der Waals surface area contributed by atoms with Crippen molar-refractivity contribution in [3.63, 3.8) is 0 Å². The van der Waals surface area contributed by atoms with Gasteiger partial charge in [-0.25, -0.2) is 13.6 Å². The highest BCUT2D eigenvalue weighted by Gasteiger charge is 2.41. The first-order valence-corrected chi connectivity index (χ1v) is 14.4. The number of benzene rings is 3. The van der Waals surface area contributed by atoms with Crippen LogP contribution in [0.25, 0.3) is 0 Å². The first-order chi connectivity index (χ1) is 21.2. The zero-order valence-corrected chi connectivity index (χ0v) is 23.6. The number of carbonyl (C=O) groups is 4. The molecule has 4 amide bonds. The molecule has 1 aliphatic carbocycles. The van der Waals surface area contributed by atoms with Crippen LogP contribution in [0.1, 0.15) is 60.0 Å². The molecular weight excluding hydrogens is 576 g/mol. The van der Waals surface area contributed by atoms with Crippen LogP contribution in [0.4, 0.5) is 19.3 Å². The molecule has 44 heavy (non-hydrogen) atoms. The second kappa shape index (κ2) is 12.3. The largest absolute Gasteiger partial charge is 0.489 e. The van der Waals surface area contributed by atoms with Crippen molar-refractivity contribution in [2.45, 2.75) is 63.8 Å². The van der Waals surface area contributed by atoms with Crippen LogP contribution in [0.3, 0.4) is 0 Å². The Balaban J connectivity index is 1.13. The van der Waals surface area contributed by atoms with Crippen molar-refractivity contribution in [3.8, 4) is 17.2 Å². The van der Waals surface area contributed by atoms with Crippen LogP contribution in [0.2, 0.25) is 0 Å². The number of imide groups is 1. The molecule has 2 N–H and O–H groups in total. The van der Waals surface area contributed by atoms with Crippen LogP contribution in [0, 0.1) is 11.6 Å². The van der Waals surface area contributed by atoms with E-state index in [-0.39, 0.29) is 49.7 Å². The predicted octanol–water partition coefficient (Wildman–Crippen LogP) is 5.59. The molecule has 0 spiro atoms. The molecule has 1 unspecified atom stereocenters. The molecule has 0 radical (unpaired) electrons. The van der Waals surface area contributed by atoms with Gasteiger partial charge in [-0.15, -0.1) is 0 Å². The van der Waals surface area contributed by atoms with Crippen molar-refractivity contribution >= 4 is 29.5 Å². The van der Waals surface area contributed by atoms with Crippen LogP contribution < -0.4 is 20.1 Å². The number of nitrogens with zero attached hydrogens (tertiary/aromatic N) is 1. The molecule has 228 valence electrons. The van der Waals surface area contributed by atoms with Gasteiger partial charge in [-0.1, -0.05) is 12.1 Å². The Hall–Kier alpha value is -5.00. The van der Waals surface area contributed by atoms with E-state index in [1.54, 1.807) is 36.4 Å². The Morgan fingerprint density at radius 1 is 0.932 bits per heavy atom. The molecule has 3 aliphatic rings. The number of hydrogen-bond acceptors (Lipinski definition) is 7. The third kappa shape index (κ3) is 6.19. The normalized spacial score (nSPS) is 18.2. The number of piperidine rings is 1. The highest BCUT2D eigenvalue weighted by atomic mass is 19.2. The first-order valence-electron chi connectivity index (χ1n) is 14.4. The minimum Gasteiger partial charge on any atom is -0.489 e. The van der Waals surface area contributed by atoms with Gasteiger partial charge in [0.2, 0.25) is 11.8 Å². The van der Waals surface area contributed by atoms with Gasteiger partial charge < -0.3 is 19.1 Å². The zero-order chi connectivity index (χ0) is 30.8. The Labute approximate surface area is 251 Å². The summed E-state index contributed by atoms with van der Waals surface area (Å²) in [6, 6.07) is 12.2. The van der Waals surface area contributed by atoms with Crippen LogP contribution in [-0.4, -0.2) is 40.9 Å². The van der Waals surface area contributed by atoms with E-state index in [1.807, 2.05) is 0 Å². The molecule has 3 aromatic rings. The van der Waals surface area contributed by atoms with Crippen molar-refractivity contribution in [3.05, 3.63) is 82.9 Å². The number of ether oxygens (including phenoxy) is 3. The third-order valence-electron chi connectivity index (χ3n) is 7.90. The number of fused-ring (bicyclic) bond motifs is 1. The summed E-state index contributed by atoms with van der Waals surface area (Å²) in [4.78, 5) is 51.9. The second-order valence-corrected chi connectivity index (χ2v) is 10.9. The predicted molar refractivity (Wildman–Crippen MR) is 152 cm³/mol. The monoisotopic (exact) mass is 605 g/mol. The fourth-order valence-corrected chi connectivity index (χ4v) is 5.66. The van der Waals surface area contributed by atoms with Gasteiger partial charge >= 0.3 is 6.09 Å². The van der Waals surface area contributed by atoms with Gasteiger partial charge in [0.1, 0.15) is 29.9 Å². The van der Waals surface area contributed by atoms with E-state index < -0.39 is 29.7 Å². The number of hydrogen-bond donors (Lipinski definition) is 2. The summed E-state index contributed by atoms with van der Waals surface area (Å²) in [5, 5.41) is 4.93. The molecule has 1 atom stereocenters. The fraction of sp³-hybridized carbons (Fsp3) is 0.312. The number of halogens is 2. The minimum atomic E-state index is -1.03. The number of amides is 4. The topological polar surface area (TPSA) is 123 Å². The maximum Gasteiger partial charge on any atom is 0.411 e. The molecule has 1 saturated carbocycles. The third-order valence-corrected chi connectivity index (χ3v) is 7.90. The minimum absolute atomic E-state index is 0.0846. The van der Waals surface area contributed by atoms with Gasteiger partial charge in [0, 0.05) is 30.3 Å². The van der Waals surface area contributed by atoms with Crippen molar-refractivity contribution in [1.29, 1.82) is 0 Å². The average Bonchev–Trinajstić information content (AvgIpc) is 3.63. The lowest BCUT2D eigenvalue weighted by atomic mass is 10.0. The fourth-order valence-electron chi connectivity index (χ4n) is 5.66. The lowest BCUT2D eigenvalue weighted by Gasteiger charge is -2.29. The Kier molecular flexibility index (Phi) is 8.14. The highest BCUT2D eigenvalue weighted by molar-refractivity contribution is 6.06. The molecule has 3 aromatic carbocycles. The van der Waals surface area contributed by atoms with Crippen molar-refractivity contribution < 1.29 is 42.2 Å². The van der Waals surface area contributed by atoms with Crippen LogP contribution in [-0.2, 0) is 27.5 Å². The molecule has 2 aliphatic heterocycles. The van der Waals surface area contributed by atoms with Crippen molar-refractivity contribution in [1.82, 2.24) is 10.2 Å². The van der Waals surface area contributed by atoms with Gasteiger partial charge in [-0.3, -0.25) is 25.0 Å². The number of rotatable bonds is 8. The van der Waals surface area contributed by atoms with E-state index in [9.17, 15) is 28.0 Å². The van der Waals surface area contributed by atoms with Gasteiger partial charge in [0.15, 0.2) is 11.6 Å². The Morgan fingerprint density at radius 3 is 2.41 bits per heavy atom. The van der Waals surface area contributed by atoms with Crippen LogP contribution in [0.15, 0.2) is 54.6 Å². The second-order valence-electron chi connectivity index (χ2n) is 10.9. The summed E-state index contributed by atoms with van der Waals surface area (Å²) in [7, 11) is 0. The lowest BCUT2D eigenvalue weighted by Crippen LogP contribution is -2.52. The molecule has 0 bridgehead atoms. The number of nitrogens with one attached hydrogen (secondary N) is 2. The molecule has 6 rings (SSSR count). The van der Waals surface area contributed by atoms with E-state index in [2.05, 4.69) is 10.6 Å². The highest BCUT2D eigenvalue weighted by Crippen LogP contribution is 2.38. The van der Waals surface area contributed by atoms with E-state index in [0.717, 1.165) is 37.8 Å². The lowest BCUT2D eigenvalue weighted by molar-refractivity contribution is -0.136. The van der Waals surface area contributed by atoms with Gasteiger partial charge in [-0.05, 0) is 74.1 Å². The molecule has 2 fully saturated rings. The summed E-state index contributed by atoms with van der Waals surface area (Å²) in [6.45, 7) is 0.0308. The summed E-state index contributed by atoms with van der Waals surface area (Å²) in [5.74, 6) is -2.41. The summed E-state index contributed by atoms with van der Waals surface area (Å²) < 4.78 is 44.0. The average molecular weight is 606 g/mol. The van der Waals surface area contributed by atoms with Crippen molar-refractivity contribution in [2.24, 2.45) is 0 Å². The summed E-state index contributed by atoms with van der Waals surface area (Å²) in [6.07, 6.45) is 3.26. The number of carbonyl (C=O) groups excluding carboxylic acids is 4. The van der Waals surface area contributed by atoms with E-state index >= 15 is 0 Å². The molecule has 2 heterocycles. The quantitative estimate of drug-likeness (QED) is 0.321. The first kappa shape index (κ1) is 29.1. The van der Waals surface area contributed by atoms with Crippen molar-refractivity contribution in [2.75, 3.05) is 5.32 Å². The van der Waals surface area contributed by atoms with Gasteiger partial charge in [0.05, 0.1) is 11.7 Å². The molecule has 10 nitrogen and oxygen atoms in total. The standard InChI is InChI=1S/C32H29F2N3O7/c33-24-12-11-23(15-25(24)34)43-22-9-7-20(8-10-22)35-32(41)42-17-19-6-5-18-16-37(26-13-14-27(38)36-30(26)39)31(40)28(18)29(19)44-21-3-1-2-4-21/h5-12,15,21,26H,1-4,13-14,16-17H2,(H,35,41)(H,36,38,39). The van der Waals surface area contributed by atoms with E-state index in [1.165, 1.54) is 11.0 Å². The summed E-state index contributed by atoms with van der Waals surface area (Å²) >= 11 is 0. The van der Waals surface area contributed by atoms with Crippen LogP contribution >= 0.6 is 0 Å². The van der Waals surface area contributed by atoms with Crippen LogP contribution in [0.5, 0.6) is 17.2 Å². The molecular formula is C32H29F2N3O7. The smallest absolute Gasteiger partial charge is 0.411 e. The van der Waals surface area contributed by atoms with Gasteiger partial charge in [-0.2, -0.15) is 0 Å². The SMILES string of the molecule is O=C1CCC(N2Cc3ccc(COC(=O)Nc4ccc(Oc5ccc(F)c(F)c5)cc4)c(OC4CCCC4)c3C2=O)C(=O)N1. The Morgan fingerprint density at radius 2 is 1.68 bits per heavy atom. The molecule has 12 heteroatoms.